The topological polar surface area (TPSA) is 46.2 Å². The second kappa shape index (κ2) is 6.38. The minimum Gasteiger partial charge on any atom is -0.313 e. The van der Waals surface area contributed by atoms with Crippen molar-refractivity contribution in [1.29, 1.82) is 0 Å². The zero-order valence-corrected chi connectivity index (χ0v) is 13.3. The van der Waals surface area contributed by atoms with Crippen LogP contribution in [0.25, 0.3) is 0 Å². The fourth-order valence-corrected chi connectivity index (χ4v) is 6.15. The summed E-state index contributed by atoms with van der Waals surface area (Å²) < 4.78 is 25.1. The molecule has 4 unspecified atom stereocenters. The lowest BCUT2D eigenvalue weighted by atomic mass is 9.80. The van der Waals surface area contributed by atoms with Gasteiger partial charge < -0.3 is 5.32 Å². The Bertz CT molecular complexity index is 351. The van der Waals surface area contributed by atoms with Crippen LogP contribution in [0.5, 0.6) is 0 Å². The molecular weight excluding hydrogens is 246 g/mol. The van der Waals surface area contributed by atoms with Crippen LogP contribution in [0.4, 0.5) is 0 Å². The first kappa shape index (κ1) is 16.0. The molecule has 0 saturated heterocycles. The van der Waals surface area contributed by atoms with Gasteiger partial charge in [0.15, 0.2) is 9.84 Å². The Kier molecular flexibility index (Phi) is 5.66. The number of hydrogen-bond donors (Lipinski definition) is 1. The van der Waals surface area contributed by atoms with Crippen molar-refractivity contribution in [2.45, 2.75) is 58.8 Å². The monoisotopic (exact) mass is 275 g/mol. The summed E-state index contributed by atoms with van der Waals surface area (Å²) in [6.45, 7) is 11.2. The minimum atomic E-state index is -2.99. The molecule has 0 aliphatic heterocycles. The SMILES string of the molecule is CCNC1CC(C)CC(C)C1S(=O)(=O)CC(C)C. The summed E-state index contributed by atoms with van der Waals surface area (Å²) in [5.41, 5.74) is 0. The van der Waals surface area contributed by atoms with Gasteiger partial charge in [0.2, 0.25) is 0 Å². The van der Waals surface area contributed by atoms with Crippen LogP contribution in [0.1, 0.15) is 47.5 Å². The van der Waals surface area contributed by atoms with E-state index in [9.17, 15) is 8.42 Å². The quantitative estimate of drug-likeness (QED) is 0.838. The minimum absolute atomic E-state index is 0.137. The zero-order chi connectivity index (χ0) is 13.9. The van der Waals surface area contributed by atoms with Crippen LogP contribution < -0.4 is 5.32 Å². The van der Waals surface area contributed by atoms with Crippen molar-refractivity contribution in [3.63, 3.8) is 0 Å². The van der Waals surface area contributed by atoms with Crippen molar-refractivity contribution in [1.82, 2.24) is 5.32 Å². The van der Waals surface area contributed by atoms with Crippen molar-refractivity contribution >= 4 is 9.84 Å². The maximum atomic E-state index is 12.6. The third-order valence-corrected chi connectivity index (χ3v) is 6.59. The second-order valence-corrected chi connectivity index (χ2v) is 8.61. The van der Waals surface area contributed by atoms with Crippen LogP contribution in [0.3, 0.4) is 0 Å². The normalized spacial score (nSPS) is 33.9. The van der Waals surface area contributed by atoms with Gasteiger partial charge in [-0.25, -0.2) is 8.42 Å². The Morgan fingerprint density at radius 1 is 1.22 bits per heavy atom. The molecule has 4 atom stereocenters. The molecular formula is C14H29NO2S. The van der Waals surface area contributed by atoms with Gasteiger partial charge in [0.25, 0.3) is 0 Å². The molecule has 18 heavy (non-hydrogen) atoms. The summed E-state index contributed by atoms with van der Waals surface area (Å²) in [6.07, 6.45) is 2.02. The second-order valence-electron chi connectivity index (χ2n) is 6.41. The Balaban J connectivity index is 2.93. The highest BCUT2D eigenvalue weighted by Crippen LogP contribution is 2.34. The summed E-state index contributed by atoms with van der Waals surface area (Å²) in [6, 6.07) is 0.137. The summed E-state index contributed by atoms with van der Waals surface area (Å²) in [4.78, 5) is 0. The van der Waals surface area contributed by atoms with Crippen LogP contribution in [0.2, 0.25) is 0 Å². The first-order chi connectivity index (χ1) is 8.27. The number of sulfone groups is 1. The summed E-state index contributed by atoms with van der Waals surface area (Å²) in [5, 5.41) is 3.20. The molecule has 0 aromatic carbocycles. The van der Waals surface area contributed by atoms with Gasteiger partial charge >= 0.3 is 0 Å². The molecule has 1 aliphatic rings. The van der Waals surface area contributed by atoms with Gasteiger partial charge in [-0.2, -0.15) is 0 Å². The van der Waals surface area contributed by atoms with Gasteiger partial charge in [0, 0.05) is 6.04 Å². The molecule has 4 heteroatoms. The molecule has 1 aliphatic carbocycles. The highest BCUT2D eigenvalue weighted by molar-refractivity contribution is 7.92. The van der Waals surface area contributed by atoms with E-state index in [2.05, 4.69) is 26.1 Å². The van der Waals surface area contributed by atoms with E-state index >= 15 is 0 Å². The van der Waals surface area contributed by atoms with E-state index in [0.717, 1.165) is 19.4 Å². The lowest BCUT2D eigenvalue weighted by Gasteiger charge is -2.39. The van der Waals surface area contributed by atoms with E-state index < -0.39 is 9.84 Å². The van der Waals surface area contributed by atoms with E-state index in [1.54, 1.807) is 0 Å². The fraction of sp³-hybridized carbons (Fsp3) is 1.00. The van der Waals surface area contributed by atoms with Crippen LogP contribution in [-0.2, 0) is 9.84 Å². The lowest BCUT2D eigenvalue weighted by Crippen LogP contribution is -2.52. The number of hydrogen-bond acceptors (Lipinski definition) is 3. The van der Waals surface area contributed by atoms with E-state index in [1.165, 1.54) is 0 Å². The maximum Gasteiger partial charge on any atom is 0.155 e. The van der Waals surface area contributed by atoms with Crippen molar-refractivity contribution in [3.05, 3.63) is 0 Å². The first-order valence-electron chi connectivity index (χ1n) is 7.22. The van der Waals surface area contributed by atoms with Crippen LogP contribution in [0, 0.1) is 17.8 Å². The van der Waals surface area contributed by atoms with Crippen molar-refractivity contribution in [2.24, 2.45) is 17.8 Å². The number of rotatable bonds is 5. The third-order valence-electron chi connectivity index (χ3n) is 3.83. The molecule has 108 valence electrons. The highest BCUT2D eigenvalue weighted by Gasteiger charge is 2.41. The summed E-state index contributed by atoms with van der Waals surface area (Å²) in [7, 11) is -2.99. The number of nitrogens with one attached hydrogen (secondary N) is 1. The fourth-order valence-electron chi connectivity index (χ4n) is 3.47. The predicted molar refractivity (Wildman–Crippen MR) is 77.4 cm³/mol. The van der Waals surface area contributed by atoms with Gasteiger partial charge in [-0.15, -0.1) is 0 Å². The van der Waals surface area contributed by atoms with Gasteiger partial charge in [-0.05, 0) is 37.1 Å². The van der Waals surface area contributed by atoms with Gasteiger partial charge in [0.1, 0.15) is 0 Å². The van der Waals surface area contributed by atoms with Gasteiger partial charge in [-0.3, -0.25) is 0 Å². The molecule has 1 rings (SSSR count). The molecule has 0 spiro atoms. The highest BCUT2D eigenvalue weighted by atomic mass is 32.2. The Hall–Kier alpha value is -0.0900. The van der Waals surface area contributed by atoms with Gasteiger partial charge in [0.05, 0.1) is 11.0 Å². The third kappa shape index (κ3) is 3.95. The molecule has 1 N–H and O–H groups in total. The first-order valence-corrected chi connectivity index (χ1v) is 8.94. The molecule has 3 nitrogen and oxygen atoms in total. The van der Waals surface area contributed by atoms with Crippen molar-refractivity contribution in [3.8, 4) is 0 Å². The Morgan fingerprint density at radius 3 is 2.33 bits per heavy atom. The average Bonchev–Trinajstić information content (AvgIpc) is 2.13. The Labute approximate surface area is 113 Å². The van der Waals surface area contributed by atoms with Gasteiger partial charge in [-0.1, -0.05) is 34.6 Å². The van der Waals surface area contributed by atoms with Crippen LogP contribution in [-0.4, -0.2) is 32.0 Å². The molecule has 0 aromatic heterocycles. The van der Waals surface area contributed by atoms with E-state index in [0.29, 0.717) is 11.7 Å². The predicted octanol–water partition coefficient (Wildman–Crippen LogP) is 2.47. The smallest absolute Gasteiger partial charge is 0.155 e. The summed E-state index contributed by atoms with van der Waals surface area (Å²) >= 11 is 0. The maximum absolute atomic E-state index is 12.6. The molecule has 1 fully saturated rings. The molecule has 0 bridgehead atoms. The van der Waals surface area contributed by atoms with Crippen molar-refractivity contribution < 1.29 is 8.42 Å². The molecule has 0 aromatic rings. The van der Waals surface area contributed by atoms with E-state index in [1.807, 2.05) is 13.8 Å². The molecule has 0 radical (unpaired) electrons. The Morgan fingerprint density at radius 2 is 1.83 bits per heavy atom. The van der Waals surface area contributed by atoms with E-state index in [-0.39, 0.29) is 23.1 Å². The lowest BCUT2D eigenvalue weighted by molar-refractivity contribution is 0.243. The molecule has 1 saturated carbocycles. The van der Waals surface area contributed by atoms with Crippen LogP contribution in [0.15, 0.2) is 0 Å². The van der Waals surface area contributed by atoms with Crippen LogP contribution >= 0.6 is 0 Å². The standard InChI is InChI=1S/C14H29NO2S/c1-6-15-13-8-11(4)7-12(5)14(13)18(16,17)9-10(2)3/h10-15H,6-9H2,1-5H3. The van der Waals surface area contributed by atoms with E-state index in [4.69, 9.17) is 0 Å². The molecule has 0 amide bonds. The zero-order valence-electron chi connectivity index (χ0n) is 12.4. The summed E-state index contributed by atoms with van der Waals surface area (Å²) in [5.74, 6) is 1.41. The molecule has 0 heterocycles. The average molecular weight is 275 g/mol. The largest absolute Gasteiger partial charge is 0.313 e. The van der Waals surface area contributed by atoms with Crippen molar-refractivity contribution in [2.75, 3.05) is 12.3 Å².